The number of amides is 6. The number of hydrogen-bond acceptors (Lipinski definition) is 6. The summed E-state index contributed by atoms with van der Waals surface area (Å²) < 4.78 is 0. The fraction of sp³-hybridized carbons (Fsp3) is 0.882. The zero-order valence-electron chi connectivity index (χ0n) is 43.1. The molecule has 12 heteroatoms. The van der Waals surface area contributed by atoms with Crippen LogP contribution in [0.5, 0.6) is 0 Å². The lowest BCUT2D eigenvalue weighted by Gasteiger charge is -2.23. The summed E-state index contributed by atoms with van der Waals surface area (Å²) in [6, 6.07) is -0.740. The van der Waals surface area contributed by atoms with Crippen molar-refractivity contribution in [3.8, 4) is 0 Å². The third kappa shape index (κ3) is 39.0. The third-order valence-corrected chi connectivity index (χ3v) is 11.3. The van der Waals surface area contributed by atoms with Crippen molar-refractivity contribution in [3.63, 3.8) is 0 Å². The van der Waals surface area contributed by atoms with Crippen molar-refractivity contribution >= 4 is 35.4 Å². The molecule has 0 aliphatic heterocycles. The zero-order chi connectivity index (χ0) is 48.6. The Morgan fingerprint density at radius 3 is 1.10 bits per heavy atom. The molecule has 0 bridgehead atoms. The predicted octanol–water partition coefficient (Wildman–Crippen LogP) is 10.2. The molecule has 0 rings (SSSR count). The van der Waals surface area contributed by atoms with Gasteiger partial charge in [-0.25, -0.2) is 0 Å². The van der Waals surface area contributed by atoms with Gasteiger partial charge in [0.1, 0.15) is 12.1 Å². The number of carbonyl (C=O) groups is 6. The van der Waals surface area contributed by atoms with Crippen LogP contribution in [0.25, 0.3) is 0 Å². The van der Waals surface area contributed by atoms with Crippen molar-refractivity contribution in [3.05, 3.63) is 0 Å². The topological polar surface area (TPSA) is 189 Å². The molecule has 6 amide bonds. The van der Waals surface area contributed by atoms with Crippen LogP contribution in [-0.2, 0) is 28.8 Å². The van der Waals surface area contributed by atoms with Gasteiger partial charge in [-0.3, -0.25) is 28.8 Å². The van der Waals surface area contributed by atoms with Crippen LogP contribution in [0.2, 0.25) is 0 Å². The second-order valence-corrected chi connectivity index (χ2v) is 18.7. The first-order chi connectivity index (χ1) is 29.8. The number of nitrogens with two attached hydrogens (primary N) is 1. The van der Waals surface area contributed by atoms with E-state index in [2.05, 4.69) is 68.1 Å². The van der Waals surface area contributed by atoms with E-state index in [0.29, 0.717) is 18.9 Å². The van der Waals surface area contributed by atoms with E-state index in [-0.39, 0.29) is 59.2 Å². The SMILES string of the molecule is CC(CCCCNC(=O)C(C)C)NC(=O)C(C)C.CCCCCC(C)NC(=O)C(C)CCCCC.CCCCC[C@H](NC(=O)[C@H](CCCCC)NC(=O)[C@@H](C)CCCCC)C(N)=O. The predicted molar refractivity (Wildman–Crippen MR) is 264 cm³/mol. The first-order valence-electron chi connectivity index (χ1n) is 25.6. The molecule has 0 radical (unpaired) electrons. The van der Waals surface area contributed by atoms with E-state index in [4.69, 9.17) is 5.73 Å². The minimum Gasteiger partial charge on any atom is -0.368 e. The Hall–Kier alpha value is -3.18. The highest BCUT2D eigenvalue weighted by Gasteiger charge is 2.26. The average molecular weight is 895 g/mol. The van der Waals surface area contributed by atoms with Crippen LogP contribution >= 0.6 is 0 Å². The lowest BCUT2D eigenvalue weighted by atomic mass is 10.0. The fourth-order valence-corrected chi connectivity index (χ4v) is 6.63. The molecule has 0 heterocycles. The molecule has 0 aromatic carbocycles. The summed E-state index contributed by atoms with van der Waals surface area (Å²) in [6.07, 6.45) is 23.4. The van der Waals surface area contributed by atoms with Crippen molar-refractivity contribution in [2.75, 3.05) is 6.54 Å². The molecule has 0 aromatic rings. The maximum Gasteiger partial charge on any atom is 0.243 e. The van der Waals surface area contributed by atoms with Crippen LogP contribution in [0.15, 0.2) is 0 Å². The Labute approximate surface area is 387 Å². The molecular formula is C51H102N6O6. The molecule has 0 saturated carbocycles. The maximum atomic E-state index is 12.8. The van der Waals surface area contributed by atoms with E-state index in [0.717, 1.165) is 103 Å². The summed E-state index contributed by atoms with van der Waals surface area (Å²) in [7, 11) is 0. The Morgan fingerprint density at radius 1 is 0.365 bits per heavy atom. The summed E-state index contributed by atoms with van der Waals surface area (Å²) in [4.78, 5) is 71.6. The van der Waals surface area contributed by atoms with Crippen LogP contribution in [0.4, 0.5) is 0 Å². The minimum absolute atomic E-state index is 0.0396. The average Bonchev–Trinajstić information content (AvgIpc) is 3.23. The van der Waals surface area contributed by atoms with Crippen molar-refractivity contribution in [1.29, 1.82) is 0 Å². The molecule has 63 heavy (non-hydrogen) atoms. The molecule has 3 unspecified atom stereocenters. The summed E-state index contributed by atoms with van der Waals surface area (Å²) >= 11 is 0. The number of nitrogens with one attached hydrogen (secondary N) is 5. The maximum absolute atomic E-state index is 12.8. The highest BCUT2D eigenvalue weighted by atomic mass is 16.2. The third-order valence-electron chi connectivity index (χ3n) is 11.3. The number of carbonyl (C=O) groups excluding carboxylic acids is 6. The molecule has 0 aliphatic carbocycles. The standard InChI is InChI=1S/C22H43N3O3.C15H31NO.C14H28N2O2/c1-5-8-11-14-17(4)21(27)25-19(16-13-10-7-3)22(28)24-18(20(23)26)15-12-9-6-2;1-5-7-9-11-13(3)15(17)16-14(4)12-10-8-6-2;1-10(2)13(17)15-9-7-6-8-12(5)16-14(18)11(3)4/h17-19H,5-16H2,1-4H3,(H2,23,26)(H,24,28)(H,25,27);13-14H,5-12H2,1-4H3,(H,16,17);10-12H,6-9H2,1-5H3,(H,15,17)(H,16,18)/t17-,18-,19-;;/m0../s1. The molecule has 0 saturated heterocycles. The molecule has 0 aliphatic rings. The molecule has 0 spiro atoms. The first kappa shape index (κ1) is 64.1. The molecule has 6 atom stereocenters. The van der Waals surface area contributed by atoms with E-state index >= 15 is 0 Å². The first-order valence-corrected chi connectivity index (χ1v) is 25.6. The second-order valence-electron chi connectivity index (χ2n) is 18.7. The van der Waals surface area contributed by atoms with Crippen molar-refractivity contribution in [1.82, 2.24) is 26.6 Å². The van der Waals surface area contributed by atoms with E-state index in [1.165, 1.54) is 38.5 Å². The lowest BCUT2D eigenvalue weighted by molar-refractivity contribution is -0.132. The highest BCUT2D eigenvalue weighted by molar-refractivity contribution is 5.92. The Morgan fingerprint density at radius 2 is 0.698 bits per heavy atom. The van der Waals surface area contributed by atoms with Gasteiger partial charge in [-0.2, -0.15) is 0 Å². The van der Waals surface area contributed by atoms with Gasteiger partial charge in [0.05, 0.1) is 0 Å². The highest BCUT2D eigenvalue weighted by Crippen LogP contribution is 2.13. The molecule has 7 N–H and O–H groups in total. The van der Waals surface area contributed by atoms with Gasteiger partial charge in [0.15, 0.2) is 0 Å². The van der Waals surface area contributed by atoms with Crippen molar-refractivity contribution in [2.24, 2.45) is 29.4 Å². The molecule has 12 nitrogen and oxygen atoms in total. The van der Waals surface area contributed by atoms with Gasteiger partial charge in [0.2, 0.25) is 35.4 Å². The van der Waals surface area contributed by atoms with E-state index in [1.807, 2.05) is 48.5 Å². The van der Waals surface area contributed by atoms with Crippen LogP contribution in [-0.4, -0.2) is 66.2 Å². The van der Waals surface area contributed by atoms with Crippen LogP contribution < -0.4 is 32.3 Å². The largest absolute Gasteiger partial charge is 0.368 e. The normalized spacial score (nSPS) is 13.8. The van der Waals surface area contributed by atoms with Crippen molar-refractivity contribution in [2.45, 2.75) is 262 Å². The van der Waals surface area contributed by atoms with Gasteiger partial charge in [0, 0.05) is 42.3 Å². The van der Waals surface area contributed by atoms with Gasteiger partial charge in [0.25, 0.3) is 0 Å². The van der Waals surface area contributed by atoms with E-state index < -0.39 is 18.0 Å². The smallest absolute Gasteiger partial charge is 0.243 e. The summed E-state index contributed by atoms with van der Waals surface area (Å²) in [6.45, 7) is 27.1. The Kier molecular flexibility index (Phi) is 43.5. The number of primary amides is 1. The monoisotopic (exact) mass is 895 g/mol. The summed E-state index contributed by atoms with van der Waals surface area (Å²) in [5.41, 5.74) is 5.47. The Balaban J connectivity index is -0.000000898. The lowest BCUT2D eigenvalue weighted by Crippen LogP contribution is -2.53. The van der Waals surface area contributed by atoms with Gasteiger partial charge in [-0.1, -0.05) is 172 Å². The van der Waals surface area contributed by atoms with Crippen molar-refractivity contribution < 1.29 is 28.8 Å². The van der Waals surface area contributed by atoms with Gasteiger partial charge < -0.3 is 32.3 Å². The molecule has 0 aromatic heterocycles. The number of rotatable bonds is 35. The van der Waals surface area contributed by atoms with Crippen LogP contribution in [0, 0.1) is 23.7 Å². The molecular weight excluding hydrogens is 793 g/mol. The van der Waals surface area contributed by atoms with Gasteiger partial charge >= 0.3 is 0 Å². The number of hydrogen-bond donors (Lipinski definition) is 6. The minimum atomic E-state index is -0.674. The van der Waals surface area contributed by atoms with Crippen LogP contribution in [0.1, 0.15) is 238 Å². The van der Waals surface area contributed by atoms with Crippen LogP contribution in [0.3, 0.4) is 0 Å². The zero-order valence-corrected chi connectivity index (χ0v) is 43.1. The molecule has 372 valence electrons. The fourth-order valence-electron chi connectivity index (χ4n) is 6.63. The quantitative estimate of drug-likeness (QED) is 0.0343. The van der Waals surface area contributed by atoms with Gasteiger partial charge in [-0.05, 0) is 65.2 Å². The van der Waals surface area contributed by atoms with E-state index in [9.17, 15) is 28.8 Å². The summed E-state index contributed by atoms with van der Waals surface area (Å²) in [5.74, 6) is -0.306. The summed E-state index contributed by atoms with van der Waals surface area (Å²) in [5, 5.41) is 14.7. The Bertz CT molecular complexity index is 1180. The van der Waals surface area contributed by atoms with E-state index in [1.54, 1.807) is 0 Å². The van der Waals surface area contributed by atoms with Gasteiger partial charge in [-0.15, -0.1) is 0 Å². The second kappa shape index (κ2) is 42.8. The molecule has 0 fully saturated rings. The number of unbranched alkanes of at least 4 members (excludes halogenated alkanes) is 11.